The average Bonchev–Trinajstić information content (AvgIpc) is 2.80. The summed E-state index contributed by atoms with van der Waals surface area (Å²) < 4.78 is 13.1. The first-order valence-electron chi connectivity index (χ1n) is 5.89. The molecule has 3 nitrogen and oxygen atoms in total. The minimum atomic E-state index is -0.331. The molecule has 0 bridgehead atoms. The summed E-state index contributed by atoms with van der Waals surface area (Å²) in [6, 6.07) is 9.65. The molecule has 2 aromatic heterocycles. The molecule has 0 aliphatic rings. The number of aromatic nitrogens is 2. The van der Waals surface area contributed by atoms with Crippen LogP contribution in [0.2, 0.25) is 0 Å². The molecule has 0 aliphatic carbocycles. The average molecular weight is 254 g/mol. The molecular weight excluding hydrogens is 243 g/mol. The van der Waals surface area contributed by atoms with Crippen LogP contribution in [0.3, 0.4) is 0 Å². The van der Waals surface area contributed by atoms with Crippen molar-refractivity contribution in [3.8, 4) is 0 Å². The number of nitrogens with zero attached hydrogens (tertiary/aromatic N) is 1. The van der Waals surface area contributed by atoms with E-state index in [1.807, 2.05) is 13.0 Å². The van der Waals surface area contributed by atoms with Crippen molar-refractivity contribution in [2.45, 2.75) is 6.92 Å². The molecule has 0 radical (unpaired) electrons. The summed E-state index contributed by atoms with van der Waals surface area (Å²) in [6.45, 7) is 1.90. The number of aryl methyl sites for hydroxylation is 1. The fraction of sp³-hybridized carbons (Fsp3) is 0.0667. The van der Waals surface area contributed by atoms with Crippen LogP contribution < -0.4 is 0 Å². The van der Waals surface area contributed by atoms with E-state index in [0.717, 1.165) is 10.9 Å². The van der Waals surface area contributed by atoms with Crippen molar-refractivity contribution in [1.82, 2.24) is 9.97 Å². The molecule has 1 aromatic carbocycles. The Bertz CT molecular complexity index is 777. The van der Waals surface area contributed by atoms with E-state index in [-0.39, 0.29) is 11.6 Å². The summed E-state index contributed by atoms with van der Waals surface area (Å²) in [6.07, 6.45) is 1.60. The predicted octanol–water partition coefficient (Wildman–Crippen LogP) is 3.24. The van der Waals surface area contributed by atoms with E-state index in [2.05, 4.69) is 9.97 Å². The van der Waals surface area contributed by atoms with E-state index >= 15 is 0 Å². The normalized spacial score (nSPS) is 10.8. The van der Waals surface area contributed by atoms with Crippen molar-refractivity contribution in [2.75, 3.05) is 0 Å². The van der Waals surface area contributed by atoms with Gasteiger partial charge in [0.25, 0.3) is 0 Å². The van der Waals surface area contributed by atoms with E-state index in [1.54, 1.807) is 24.4 Å². The van der Waals surface area contributed by atoms with Gasteiger partial charge >= 0.3 is 0 Å². The van der Waals surface area contributed by atoms with Gasteiger partial charge in [-0.25, -0.2) is 4.39 Å². The number of halogens is 1. The number of nitrogens with one attached hydrogen (secondary N) is 1. The second-order valence-electron chi connectivity index (χ2n) is 4.46. The van der Waals surface area contributed by atoms with E-state index in [1.165, 1.54) is 12.1 Å². The Balaban J connectivity index is 2.06. The fourth-order valence-corrected chi connectivity index (χ4v) is 2.02. The maximum Gasteiger partial charge on any atom is 0.227 e. The molecule has 3 rings (SSSR count). The molecule has 94 valence electrons. The highest BCUT2D eigenvalue weighted by Crippen LogP contribution is 2.18. The molecule has 2 heterocycles. The van der Waals surface area contributed by atoms with Gasteiger partial charge in [0.1, 0.15) is 11.5 Å². The number of hydrogen-bond acceptors (Lipinski definition) is 2. The molecule has 0 saturated heterocycles. The largest absolute Gasteiger partial charge is 0.352 e. The standard InChI is InChI=1S/C15H11FN2O/c1-9-4-5-17-13(6-9)15(19)14-7-10-2-3-11(16)8-12(10)18-14/h2-8,18H,1H3. The molecule has 19 heavy (non-hydrogen) atoms. The van der Waals surface area contributed by atoms with Crippen molar-refractivity contribution in [1.29, 1.82) is 0 Å². The second-order valence-corrected chi connectivity index (χ2v) is 4.46. The van der Waals surface area contributed by atoms with Gasteiger partial charge in [0.05, 0.1) is 5.69 Å². The summed E-state index contributed by atoms with van der Waals surface area (Å²) in [5.41, 5.74) is 2.38. The van der Waals surface area contributed by atoms with Crippen molar-refractivity contribution in [3.05, 3.63) is 65.4 Å². The number of hydrogen-bond donors (Lipinski definition) is 1. The lowest BCUT2D eigenvalue weighted by Crippen LogP contribution is -2.04. The topological polar surface area (TPSA) is 45.8 Å². The van der Waals surface area contributed by atoms with Gasteiger partial charge in [-0.05, 0) is 48.9 Å². The van der Waals surface area contributed by atoms with E-state index in [9.17, 15) is 9.18 Å². The van der Waals surface area contributed by atoms with Crippen LogP contribution in [0.5, 0.6) is 0 Å². The highest BCUT2D eigenvalue weighted by atomic mass is 19.1. The van der Waals surface area contributed by atoms with E-state index < -0.39 is 0 Å². The number of carbonyl (C=O) groups is 1. The van der Waals surface area contributed by atoms with Crippen LogP contribution >= 0.6 is 0 Å². The monoisotopic (exact) mass is 254 g/mol. The lowest BCUT2D eigenvalue weighted by Gasteiger charge is -1.98. The molecular formula is C15H11FN2O. The summed E-state index contributed by atoms with van der Waals surface area (Å²) in [5.74, 6) is -0.526. The third-order valence-corrected chi connectivity index (χ3v) is 2.98. The van der Waals surface area contributed by atoms with Crippen LogP contribution in [-0.2, 0) is 0 Å². The Labute approximate surface area is 109 Å². The maximum absolute atomic E-state index is 13.1. The van der Waals surface area contributed by atoms with Crippen LogP contribution in [0.1, 0.15) is 21.7 Å². The number of rotatable bonds is 2. The lowest BCUT2D eigenvalue weighted by atomic mass is 10.1. The van der Waals surface area contributed by atoms with E-state index in [4.69, 9.17) is 0 Å². The smallest absolute Gasteiger partial charge is 0.227 e. The zero-order valence-electron chi connectivity index (χ0n) is 10.3. The molecule has 0 amide bonds. The fourth-order valence-electron chi connectivity index (χ4n) is 2.02. The Morgan fingerprint density at radius 3 is 2.84 bits per heavy atom. The number of pyridine rings is 1. The third kappa shape index (κ3) is 2.12. The van der Waals surface area contributed by atoms with Gasteiger partial charge in [-0.1, -0.05) is 0 Å². The van der Waals surface area contributed by atoms with Gasteiger partial charge < -0.3 is 4.98 Å². The number of carbonyl (C=O) groups excluding carboxylic acids is 1. The molecule has 0 spiro atoms. The first kappa shape index (κ1) is 11.6. The number of ketones is 1. The van der Waals surface area contributed by atoms with Crippen LogP contribution in [0.15, 0.2) is 42.6 Å². The van der Waals surface area contributed by atoms with Gasteiger partial charge in [-0.15, -0.1) is 0 Å². The lowest BCUT2D eigenvalue weighted by molar-refractivity contribution is 0.103. The number of aromatic amines is 1. The van der Waals surface area contributed by atoms with Crippen LogP contribution in [0.25, 0.3) is 10.9 Å². The second kappa shape index (κ2) is 4.31. The first-order valence-corrected chi connectivity index (χ1v) is 5.89. The Hall–Kier alpha value is -2.49. The Morgan fingerprint density at radius 1 is 1.21 bits per heavy atom. The summed E-state index contributed by atoms with van der Waals surface area (Å²) in [4.78, 5) is 19.3. The minimum Gasteiger partial charge on any atom is -0.352 e. The zero-order chi connectivity index (χ0) is 13.4. The van der Waals surface area contributed by atoms with Gasteiger partial charge in [0, 0.05) is 17.1 Å². The molecule has 0 fully saturated rings. The molecule has 0 saturated carbocycles. The Kier molecular flexibility index (Phi) is 2.63. The Morgan fingerprint density at radius 2 is 2.05 bits per heavy atom. The van der Waals surface area contributed by atoms with E-state index in [0.29, 0.717) is 16.9 Å². The highest BCUT2D eigenvalue weighted by molar-refractivity contribution is 6.09. The third-order valence-electron chi connectivity index (χ3n) is 2.98. The highest BCUT2D eigenvalue weighted by Gasteiger charge is 2.13. The van der Waals surface area contributed by atoms with Crippen molar-refractivity contribution >= 4 is 16.7 Å². The van der Waals surface area contributed by atoms with Crippen LogP contribution in [0.4, 0.5) is 4.39 Å². The SMILES string of the molecule is Cc1ccnc(C(=O)c2cc3ccc(F)cc3[nH]2)c1. The van der Waals surface area contributed by atoms with Crippen molar-refractivity contribution in [3.63, 3.8) is 0 Å². The quantitative estimate of drug-likeness (QED) is 0.713. The zero-order valence-corrected chi connectivity index (χ0v) is 10.3. The van der Waals surface area contributed by atoms with Crippen molar-refractivity contribution in [2.24, 2.45) is 0 Å². The molecule has 3 aromatic rings. The summed E-state index contributed by atoms with van der Waals surface area (Å²) in [5, 5.41) is 0.803. The van der Waals surface area contributed by atoms with Gasteiger partial charge in [-0.2, -0.15) is 0 Å². The summed E-state index contributed by atoms with van der Waals surface area (Å²) >= 11 is 0. The van der Waals surface area contributed by atoms with Gasteiger partial charge in [-0.3, -0.25) is 9.78 Å². The molecule has 0 unspecified atom stereocenters. The molecule has 1 N–H and O–H groups in total. The minimum absolute atomic E-state index is 0.194. The van der Waals surface area contributed by atoms with Gasteiger partial charge in [0.15, 0.2) is 0 Å². The van der Waals surface area contributed by atoms with Gasteiger partial charge in [0.2, 0.25) is 5.78 Å². The van der Waals surface area contributed by atoms with Crippen molar-refractivity contribution < 1.29 is 9.18 Å². The molecule has 0 aliphatic heterocycles. The first-order chi connectivity index (χ1) is 9.13. The predicted molar refractivity (Wildman–Crippen MR) is 70.7 cm³/mol. The molecule has 4 heteroatoms. The number of fused-ring (bicyclic) bond motifs is 1. The maximum atomic E-state index is 13.1. The number of benzene rings is 1. The summed E-state index contributed by atoms with van der Waals surface area (Å²) in [7, 11) is 0. The molecule has 0 atom stereocenters. The van der Waals surface area contributed by atoms with Crippen LogP contribution in [-0.4, -0.2) is 15.8 Å². The van der Waals surface area contributed by atoms with Crippen LogP contribution in [0, 0.1) is 12.7 Å². The number of H-pyrrole nitrogens is 1.